The summed E-state index contributed by atoms with van der Waals surface area (Å²) in [5, 5.41) is 0. The molecule has 0 aliphatic heterocycles. The minimum atomic E-state index is 0.668. The van der Waals surface area contributed by atoms with Crippen LogP contribution in [0.4, 0.5) is 0 Å². The normalized spacial score (nSPS) is 11.3. The van der Waals surface area contributed by atoms with Crippen LogP contribution >= 0.6 is 0 Å². The summed E-state index contributed by atoms with van der Waals surface area (Å²) in [4.78, 5) is 0. The van der Waals surface area contributed by atoms with E-state index in [1.54, 1.807) is 0 Å². The molecule has 0 aromatic heterocycles. The first-order chi connectivity index (χ1) is 9.58. The summed E-state index contributed by atoms with van der Waals surface area (Å²) in [5.41, 5.74) is 5.65. The van der Waals surface area contributed by atoms with Crippen LogP contribution in [-0.4, -0.2) is 0 Å². The van der Waals surface area contributed by atoms with Crippen molar-refractivity contribution < 1.29 is 0 Å². The van der Waals surface area contributed by atoms with E-state index >= 15 is 0 Å². The van der Waals surface area contributed by atoms with Crippen molar-refractivity contribution in [3.8, 4) is 11.1 Å². The molecule has 0 unspecified atom stereocenters. The maximum absolute atomic E-state index is 3.24. The van der Waals surface area contributed by atoms with E-state index in [-0.39, 0.29) is 0 Å². The highest BCUT2D eigenvalue weighted by Gasteiger charge is 2.10. The fourth-order valence-electron chi connectivity index (χ4n) is 2.74. The van der Waals surface area contributed by atoms with E-state index in [9.17, 15) is 0 Å². The molecule has 0 spiro atoms. The molecule has 0 nitrogen and oxygen atoms in total. The molecule has 0 amide bonds. The van der Waals surface area contributed by atoms with Crippen LogP contribution in [0.25, 0.3) is 11.1 Å². The highest BCUT2D eigenvalue weighted by Crippen LogP contribution is 2.29. The van der Waals surface area contributed by atoms with Crippen molar-refractivity contribution in [3.05, 3.63) is 59.7 Å². The minimum Gasteiger partial charge on any atom is -0.0625 e. The topological polar surface area (TPSA) is 0 Å². The number of hydrogen-bond donors (Lipinski definition) is 0. The molecule has 0 saturated heterocycles. The Morgan fingerprint density at radius 1 is 0.800 bits per heavy atom. The molecular weight excluding hydrogens is 240 g/mol. The lowest BCUT2D eigenvalue weighted by Crippen LogP contribution is -2.00. The van der Waals surface area contributed by atoms with Gasteiger partial charge in [0.25, 0.3) is 0 Å². The third-order valence-corrected chi connectivity index (χ3v) is 3.51. The lowest BCUT2D eigenvalue weighted by molar-refractivity contribution is 0.644. The van der Waals surface area contributed by atoms with Gasteiger partial charge >= 0.3 is 0 Å². The van der Waals surface area contributed by atoms with Gasteiger partial charge in [-0.3, -0.25) is 0 Å². The van der Waals surface area contributed by atoms with Gasteiger partial charge in [-0.15, -0.1) is 0 Å². The van der Waals surface area contributed by atoms with Crippen LogP contribution in [0.15, 0.2) is 42.5 Å². The SMILES string of the molecule is CC(C)Cc1c[c]ccc1-c1ccccc1CC(C)C. The molecule has 0 aliphatic carbocycles. The summed E-state index contributed by atoms with van der Waals surface area (Å²) in [5.74, 6) is 1.35. The van der Waals surface area contributed by atoms with Gasteiger partial charge in [0.15, 0.2) is 0 Å². The summed E-state index contributed by atoms with van der Waals surface area (Å²) < 4.78 is 0. The Morgan fingerprint density at radius 2 is 1.40 bits per heavy atom. The van der Waals surface area contributed by atoms with Crippen LogP contribution in [-0.2, 0) is 12.8 Å². The first kappa shape index (κ1) is 14.8. The molecule has 0 bridgehead atoms. The van der Waals surface area contributed by atoms with E-state index in [0.717, 1.165) is 12.8 Å². The smallest absolute Gasteiger partial charge is 0.0149 e. The van der Waals surface area contributed by atoms with E-state index < -0.39 is 0 Å². The van der Waals surface area contributed by atoms with Crippen molar-refractivity contribution in [2.45, 2.75) is 40.5 Å². The zero-order chi connectivity index (χ0) is 14.5. The van der Waals surface area contributed by atoms with Crippen molar-refractivity contribution >= 4 is 0 Å². The van der Waals surface area contributed by atoms with E-state index in [0.29, 0.717) is 11.8 Å². The van der Waals surface area contributed by atoms with Crippen molar-refractivity contribution in [1.29, 1.82) is 0 Å². The van der Waals surface area contributed by atoms with Gasteiger partial charge in [-0.25, -0.2) is 0 Å². The third-order valence-electron chi connectivity index (χ3n) is 3.51. The average molecular weight is 265 g/mol. The zero-order valence-electron chi connectivity index (χ0n) is 13.1. The Labute approximate surface area is 123 Å². The molecule has 0 saturated carbocycles. The van der Waals surface area contributed by atoms with Crippen molar-refractivity contribution in [2.24, 2.45) is 11.8 Å². The maximum atomic E-state index is 3.24. The molecule has 1 radical (unpaired) electrons. The second kappa shape index (κ2) is 6.74. The van der Waals surface area contributed by atoms with Gasteiger partial charge in [0.2, 0.25) is 0 Å². The Balaban J connectivity index is 2.46. The fourth-order valence-corrected chi connectivity index (χ4v) is 2.74. The van der Waals surface area contributed by atoms with Gasteiger partial charge in [0.05, 0.1) is 0 Å². The maximum Gasteiger partial charge on any atom is -0.0149 e. The molecule has 0 N–H and O–H groups in total. The molecule has 0 heteroatoms. The molecule has 2 aromatic rings. The van der Waals surface area contributed by atoms with Crippen LogP contribution in [0.1, 0.15) is 38.8 Å². The van der Waals surface area contributed by atoms with Gasteiger partial charge in [-0.2, -0.15) is 0 Å². The van der Waals surface area contributed by atoms with Crippen molar-refractivity contribution in [1.82, 2.24) is 0 Å². The quantitative estimate of drug-likeness (QED) is 0.664. The average Bonchev–Trinajstić information content (AvgIpc) is 2.39. The van der Waals surface area contributed by atoms with Crippen LogP contribution in [0, 0.1) is 17.9 Å². The van der Waals surface area contributed by atoms with Crippen LogP contribution < -0.4 is 0 Å². The molecule has 2 aromatic carbocycles. The summed E-state index contributed by atoms with van der Waals surface area (Å²) in [7, 11) is 0. The van der Waals surface area contributed by atoms with Crippen LogP contribution in [0.5, 0.6) is 0 Å². The molecule has 2 rings (SSSR count). The van der Waals surface area contributed by atoms with Gasteiger partial charge in [-0.05, 0) is 53.0 Å². The molecule has 0 heterocycles. The van der Waals surface area contributed by atoms with Gasteiger partial charge in [0.1, 0.15) is 0 Å². The summed E-state index contributed by atoms with van der Waals surface area (Å²) >= 11 is 0. The molecular formula is C20H25. The Bertz CT molecular complexity index is 498. The zero-order valence-corrected chi connectivity index (χ0v) is 13.1. The lowest BCUT2D eigenvalue weighted by atomic mass is 9.89. The molecule has 105 valence electrons. The lowest BCUT2D eigenvalue weighted by Gasteiger charge is -2.16. The predicted octanol–water partition coefficient (Wildman–Crippen LogP) is 5.55. The number of benzene rings is 2. The van der Waals surface area contributed by atoms with E-state index in [2.05, 4.69) is 70.2 Å². The summed E-state index contributed by atoms with van der Waals surface area (Å²) in [6.07, 6.45) is 2.25. The van der Waals surface area contributed by atoms with Crippen molar-refractivity contribution in [3.63, 3.8) is 0 Å². The minimum absolute atomic E-state index is 0.668. The second-order valence-electron chi connectivity index (χ2n) is 6.44. The summed E-state index contributed by atoms with van der Waals surface area (Å²) in [6.45, 7) is 9.11. The monoisotopic (exact) mass is 265 g/mol. The number of rotatable bonds is 5. The fraction of sp³-hybridized carbons (Fsp3) is 0.400. The molecule has 0 fully saturated rings. The first-order valence-corrected chi connectivity index (χ1v) is 7.65. The van der Waals surface area contributed by atoms with Gasteiger partial charge < -0.3 is 0 Å². The van der Waals surface area contributed by atoms with E-state index in [1.807, 2.05) is 6.07 Å². The first-order valence-electron chi connectivity index (χ1n) is 7.65. The Kier molecular flexibility index (Phi) is 5.00. The van der Waals surface area contributed by atoms with E-state index in [4.69, 9.17) is 0 Å². The highest BCUT2D eigenvalue weighted by molar-refractivity contribution is 5.70. The summed E-state index contributed by atoms with van der Waals surface area (Å²) in [6, 6.07) is 18.5. The molecule has 20 heavy (non-hydrogen) atoms. The predicted molar refractivity (Wildman–Crippen MR) is 87.8 cm³/mol. The Morgan fingerprint density at radius 3 is 2.10 bits per heavy atom. The largest absolute Gasteiger partial charge is 0.0625 e. The highest BCUT2D eigenvalue weighted by atomic mass is 14.1. The van der Waals surface area contributed by atoms with E-state index in [1.165, 1.54) is 22.3 Å². The van der Waals surface area contributed by atoms with Crippen LogP contribution in [0.2, 0.25) is 0 Å². The number of hydrogen-bond acceptors (Lipinski definition) is 0. The second-order valence-corrected chi connectivity index (χ2v) is 6.44. The van der Waals surface area contributed by atoms with Crippen molar-refractivity contribution in [2.75, 3.05) is 0 Å². The standard InChI is InChI=1S/C20H25/c1-15(2)13-17-9-5-7-11-19(17)20-12-8-6-10-18(20)14-16(3)4/h5,7-12,15-16H,13-14H2,1-4H3. The Hall–Kier alpha value is -1.56. The van der Waals surface area contributed by atoms with Gasteiger partial charge in [0, 0.05) is 0 Å². The van der Waals surface area contributed by atoms with Gasteiger partial charge in [-0.1, -0.05) is 70.2 Å². The molecule has 0 aliphatic rings. The van der Waals surface area contributed by atoms with Crippen LogP contribution in [0.3, 0.4) is 0 Å². The molecule has 0 atom stereocenters. The third kappa shape index (κ3) is 3.72.